The van der Waals surface area contributed by atoms with Crippen molar-refractivity contribution in [1.29, 1.82) is 0 Å². The minimum atomic E-state index is 0.453. The van der Waals surface area contributed by atoms with E-state index >= 15 is 0 Å². The summed E-state index contributed by atoms with van der Waals surface area (Å²) in [6.45, 7) is 4.65. The Labute approximate surface area is 124 Å². The van der Waals surface area contributed by atoms with Gasteiger partial charge >= 0.3 is 0 Å². The van der Waals surface area contributed by atoms with Crippen LogP contribution in [0.4, 0.5) is 5.69 Å². The monoisotopic (exact) mass is 274 g/mol. The number of nitrogens with zero attached hydrogens (tertiary/aromatic N) is 1. The molecule has 0 spiro atoms. The van der Waals surface area contributed by atoms with E-state index in [2.05, 4.69) is 62.4 Å². The number of rotatable bonds is 5. The maximum atomic E-state index is 3.45. The van der Waals surface area contributed by atoms with Gasteiger partial charge in [-0.15, -0.1) is 0 Å². The molecule has 0 amide bonds. The van der Waals surface area contributed by atoms with Crippen molar-refractivity contribution < 1.29 is 0 Å². The van der Waals surface area contributed by atoms with Crippen molar-refractivity contribution in [3.05, 3.63) is 29.8 Å². The molecule has 1 saturated carbocycles. The molecule has 0 radical (unpaired) electrons. The van der Waals surface area contributed by atoms with Gasteiger partial charge in [-0.3, -0.25) is 0 Å². The van der Waals surface area contributed by atoms with Crippen molar-refractivity contribution in [2.45, 2.75) is 58.0 Å². The van der Waals surface area contributed by atoms with E-state index < -0.39 is 0 Å². The molecule has 20 heavy (non-hydrogen) atoms. The highest BCUT2D eigenvalue weighted by molar-refractivity contribution is 5.55. The summed E-state index contributed by atoms with van der Waals surface area (Å²) in [5.74, 6) is 0.870. The third kappa shape index (κ3) is 3.35. The molecule has 112 valence electrons. The SMILES string of the molecule is CCC(NC)c1ccccc1N(C)C1CCCC(C)C1. The highest BCUT2D eigenvalue weighted by Crippen LogP contribution is 2.33. The quantitative estimate of drug-likeness (QED) is 0.857. The van der Waals surface area contributed by atoms with E-state index in [4.69, 9.17) is 0 Å². The molecule has 0 saturated heterocycles. The standard InChI is InChI=1S/C18H30N2/c1-5-17(19-3)16-11-6-7-12-18(16)20(4)15-10-8-9-14(2)13-15/h6-7,11-12,14-15,17,19H,5,8-10,13H2,1-4H3. The number of benzene rings is 1. The Morgan fingerprint density at radius 1 is 1.30 bits per heavy atom. The van der Waals surface area contributed by atoms with Gasteiger partial charge in [0, 0.05) is 24.8 Å². The minimum absolute atomic E-state index is 0.453. The predicted molar refractivity (Wildman–Crippen MR) is 88.4 cm³/mol. The van der Waals surface area contributed by atoms with Crippen LogP contribution in [0, 0.1) is 5.92 Å². The van der Waals surface area contributed by atoms with Crippen molar-refractivity contribution in [3.8, 4) is 0 Å². The number of nitrogens with one attached hydrogen (secondary N) is 1. The summed E-state index contributed by atoms with van der Waals surface area (Å²) < 4.78 is 0. The van der Waals surface area contributed by atoms with E-state index in [1.54, 1.807) is 0 Å². The Kier molecular flexibility index (Phi) is 5.47. The summed E-state index contributed by atoms with van der Waals surface area (Å²) in [6.07, 6.45) is 6.58. The Bertz CT molecular complexity index is 412. The van der Waals surface area contributed by atoms with Gasteiger partial charge in [-0.2, -0.15) is 0 Å². The molecule has 3 atom stereocenters. The largest absolute Gasteiger partial charge is 0.371 e. The Morgan fingerprint density at radius 3 is 2.70 bits per heavy atom. The summed E-state index contributed by atoms with van der Waals surface area (Å²) in [5.41, 5.74) is 2.85. The van der Waals surface area contributed by atoms with Crippen LogP contribution in [0.15, 0.2) is 24.3 Å². The number of hydrogen-bond donors (Lipinski definition) is 1. The fourth-order valence-electron chi connectivity index (χ4n) is 3.63. The fourth-order valence-corrected chi connectivity index (χ4v) is 3.63. The highest BCUT2D eigenvalue weighted by atomic mass is 15.1. The summed E-state index contributed by atoms with van der Waals surface area (Å²) in [7, 11) is 4.34. The van der Waals surface area contributed by atoms with Crippen LogP contribution in [0.2, 0.25) is 0 Å². The molecule has 1 aliphatic rings. The average molecular weight is 274 g/mol. The number of hydrogen-bond acceptors (Lipinski definition) is 2. The summed E-state index contributed by atoms with van der Waals surface area (Å²) in [6, 6.07) is 10.1. The number of anilines is 1. The van der Waals surface area contributed by atoms with Gasteiger partial charge in [0.15, 0.2) is 0 Å². The zero-order chi connectivity index (χ0) is 14.5. The molecule has 2 heteroatoms. The molecule has 1 fully saturated rings. The van der Waals surface area contributed by atoms with Gasteiger partial charge in [-0.25, -0.2) is 0 Å². The van der Waals surface area contributed by atoms with Gasteiger partial charge in [0.1, 0.15) is 0 Å². The van der Waals surface area contributed by atoms with Crippen LogP contribution in [0.25, 0.3) is 0 Å². The molecule has 0 aliphatic heterocycles. The van der Waals surface area contributed by atoms with E-state index in [0.717, 1.165) is 12.3 Å². The fraction of sp³-hybridized carbons (Fsp3) is 0.667. The van der Waals surface area contributed by atoms with Crippen LogP contribution in [-0.4, -0.2) is 20.1 Å². The zero-order valence-electron chi connectivity index (χ0n) is 13.5. The zero-order valence-corrected chi connectivity index (χ0v) is 13.5. The lowest BCUT2D eigenvalue weighted by Gasteiger charge is -2.37. The molecule has 1 N–H and O–H groups in total. The molecule has 2 nitrogen and oxygen atoms in total. The van der Waals surface area contributed by atoms with E-state index in [1.807, 2.05) is 0 Å². The van der Waals surface area contributed by atoms with Gasteiger partial charge in [-0.1, -0.05) is 44.9 Å². The summed E-state index contributed by atoms with van der Waals surface area (Å²) in [5, 5.41) is 3.45. The Balaban J connectivity index is 2.22. The average Bonchev–Trinajstić information content (AvgIpc) is 2.48. The second-order valence-corrected chi connectivity index (χ2v) is 6.34. The van der Waals surface area contributed by atoms with Crippen LogP contribution >= 0.6 is 0 Å². The van der Waals surface area contributed by atoms with Gasteiger partial charge in [-0.05, 0) is 43.9 Å². The lowest BCUT2D eigenvalue weighted by Crippen LogP contribution is -2.36. The maximum absolute atomic E-state index is 3.45. The van der Waals surface area contributed by atoms with Crippen LogP contribution in [0.5, 0.6) is 0 Å². The molecule has 0 bridgehead atoms. The first kappa shape index (κ1) is 15.4. The molecule has 0 aromatic heterocycles. The van der Waals surface area contributed by atoms with Crippen LogP contribution in [-0.2, 0) is 0 Å². The third-order valence-corrected chi connectivity index (χ3v) is 4.91. The predicted octanol–water partition coefficient (Wildman–Crippen LogP) is 4.37. The smallest absolute Gasteiger partial charge is 0.0414 e. The molecule has 1 aromatic rings. The Morgan fingerprint density at radius 2 is 2.05 bits per heavy atom. The first-order chi connectivity index (χ1) is 9.67. The molecular formula is C18H30N2. The summed E-state index contributed by atoms with van der Waals surface area (Å²) in [4.78, 5) is 2.53. The molecular weight excluding hydrogens is 244 g/mol. The first-order valence-electron chi connectivity index (χ1n) is 8.16. The van der Waals surface area contributed by atoms with E-state index in [0.29, 0.717) is 12.1 Å². The highest BCUT2D eigenvalue weighted by Gasteiger charge is 2.24. The molecule has 1 aliphatic carbocycles. The topological polar surface area (TPSA) is 15.3 Å². The second kappa shape index (κ2) is 7.12. The third-order valence-electron chi connectivity index (χ3n) is 4.91. The van der Waals surface area contributed by atoms with Crippen molar-refractivity contribution >= 4 is 5.69 Å². The van der Waals surface area contributed by atoms with Crippen LogP contribution < -0.4 is 10.2 Å². The molecule has 0 heterocycles. The second-order valence-electron chi connectivity index (χ2n) is 6.34. The van der Waals surface area contributed by atoms with Crippen molar-refractivity contribution in [2.75, 3.05) is 19.0 Å². The minimum Gasteiger partial charge on any atom is -0.371 e. The van der Waals surface area contributed by atoms with Crippen molar-refractivity contribution in [2.24, 2.45) is 5.92 Å². The maximum Gasteiger partial charge on any atom is 0.0414 e. The van der Waals surface area contributed by atoms with Crippen molar-refractivity contribution in [1.82, 2.24) is 5.32 Å². The first-order valence-corrected chi connectivity index (χ1v) is 8.16. The normalized spacial score (nSPS) is 24.4. The van der Waals surface area contributed by atoms with Crippen LogP contribution in [0.3, 0.4) is 0 Å². The molecule has 2 rings (SSSR count). The molecule has 3 unspecified atom stereocenters. The van der Waals surface area contributed by atoms with Crippen molar-refractivity contribution in [3.63, 3.8) is 0 Å². The van der Waals surface area contributed by atoms with E-state index in [1.165, 1.54) is 36.9 Å². The lowest BCUT2D eigenvalue weighted by atomic mass is 9.86. The Hall–Kier alpha value is -1.02. The van der Waals surface area contributed by atoms with E-state index in [-0.39, 0.29) is 0 Å². The number of para-hydroxylation sites is 1. The van der Waals surface area contributed by atoms with E-state index in [9.17, 15) is 0 Å². The van der Waals surface area contributed by atoms with Gasteiger partial charge in [0.2, 0.25) is 0 Å². The summed E-state index contributed by atoms with van der Waals surface area (Å²) >= 11 is 0. The lowest BCUT2D eigenvalue weighted by molar-refractivity contribution is 0.336. The van der Waals surface area contributed by atoms with Gasteiger partial charge in [0.25, 0.3) is 0 Å². The van der Waals surface area contributed by atoms with Gasteiger partial charge < -0.3 is 10.2 Å². The molecule has 1 aromatic carbocycles. The van der Waals surface area contributed by atoms with Gasteiger partial charge in [0.05, 0.1) is 0 Å². The van der Waals surface area contributed by atoms with Crippen LogP contribution in [0.1, 0.15) is 57.6 Å².